The summed E-state index contributed by atoms with van der Waals surface area (Å²) in [5.41, 5.74) is -0.0491. The molecule has 0 unspecified atom stereocenters. The van der Waals surface area contributed by atoms with Crippen molar-refractivity contribution in [1.82, 2.24) is 4.90 Å². The zero-order chi connectivity index (χ0) is 39.0. The number of carbonyl (C=O) groups is 7. The summed E-state index contributed by atoms with van der Waals surface area (Å²) in [6.07, 6.45) is -12.3. The van der Waals surface area contributed by atoms with E-state index in [2.05, 4.69) is 13.2 Å². The Hall–Kier alpha value is -5.17. The molecule has 0 aromatic heterocycles. The van der Waals surface area contributed by atoms with Crippen LogP contribution in [-0.4, -0.2) is 128 Å². The Labute approximate surface area is 304 Å². The summed E-state index contributed by atoms with van der Waals surface area (Å²) in [7, 11) is 0. The molecule has 3 aliphatic rings. The van der Waals surface area contributed by atoms with Crippen molar-refractivity contribution in [2.45, 2.75) is 96.0 Å². The highest BCUT2D eigenvalue weighted by Gasteiger charge is 2.60. The smallest absolute Gasteiger partial charge is 0.463 e. The molecule has 53 heavy (non-hydrogen) atoms. The van der Waals surface area contributed by atoms with E-state index in [9.17, 15) is 33.6 Å². The molecular formula is C35H41NO17. The van der Waals surface area contributed by atoms with Gasteiger partial charge in [-0.3, -0.25) is 33.7 Å². The van der Waals surface area contributed by atoms with Gasteiger partial charge in [-0.25, -0.2) is 4.79 Å². The quantitative estimate of drug-likeness (QED) is 0.115. The zero-order valence-corrected chi connectivity index (χ0v) is 29.7. The van der Waals surface area contributed by atoms with Gasteiger partial charge in [-0.05, 0) is 19.1 Å². The van der Waals surface area contributed by atoms with Gasteiger partial charge in [0.25, 0.3) is 11.8 Å². The van der Waals surface area contributed by atoms with Gasteiger partial charge in [0, 0.05) is 27.7 Å². The van der Waals surface area contributed by atoms with Gasteiger partial charge in [-0.2, -0.15) is 0 Å². The average Bonchev–Trinajstić information content (AvgIpc) is 3.34. The van der Waals surface area contributed by atoms with E-state index in [0.717, 1.165) is 27.7 Å². The lowest BCUT2D eigenvalue weighted by Crippen LogP contribution is -2.70. The second kappa shape index (κ2) is 18.0. The number of rotatable bonds is 14. The molecule has 0 N–H and O–H groups in total. The van der Waals surface area contributed by atoms with Gasteiger partial charge in [0.2, 0.25) is 0 Å². The van der Waals surface area contributed by atoms with Crippen LogP contribution >= 0.6 is 0 Å². The number of nitrogens with zero attached hydrogens (tertiary/aromatic N) is 1. The summed E-state index contributed by atoms with van der Waals surface area (Å²) in [5, 5.41) is 0. The molecule has 1 aromatic rings. The van der Waals surface area contributed by atoms with E-state index in [1.54, 1.807) is 0 Å². The molecule has 10 atom stereocenters. The van der Waals surface area contributed by atoms with E-state index in [1.165, 1.54) is 43.3 Å². The SMILES string of the molecule is C=CCOC(=O)O[C@H]1[C@H](OC(C)=O)[C@@H](COC(C)=O)O[C@@H](O[C@H]2[C@H](OC(C)=O)[C@@H](OCC=C)O[C@@H](C)[C@H]2OC(C)=O)[C@@H]1N1C(=O)c2ccccc2C1=O. The number of amides is 2. The Morgan fingerprint density at radius 1 is 0.698 bits per heavy atom. The van der Waals surface area contributed by atoms with Crippen molar-refractivity contribution in [3.05, 3.63) is 60.7 Å². The van der Waals surface area contributed by atoms with Crippen LogP contribution in [0.2, 0.25) is 0 Å². The lowest BCUT2D eigenvalue weighted by molar-refractivity contribution is -0.348. The van der Waals surface area contributed by atoms with Crippen LogP contribution in [-0.2, 0) is 66.5 Å². The summed E-state index contributed by atoms with van der Waals surface area (Å²) in [6.45, 7) is 11.9. The van der Waals surface area contributed by atoms with Gasteiger partial charge in [-0.15, -0.1) is 6.58 Å². The van der Waals surface area contributed by atoms with Crippen molar-refractivity contribution in [1.29, 1.82) is 0 Å². The summed E-state index contributed by atoms with van der Waals surface area (Å²) in [4.78, 5) is 91.2. The van der Waals surface area contributed by atoms with Crippen LogP contribution in [0.25, 0.3) is 0 Å². The Morgan fingerprint density at radius 2 is 1.26 bits per heavy atom. The van der Waals surface area contributed by atoms with Crippen molar-refractivity contribution in [2.24, 2.45) is 0 Å². The first kappa shape index (κ1) is 40.6. The molecular weight excluding hydrogens is 706 g/mol. The molecule has 2 amide bonds. The summed E-state index contributed by atoms with van der Waals surface area (Å²) in [5.74, 6) is -5.05. The van der Waals surface area contributed by atoms with E-state index in [-0.39, 0.29) is 24.3 Å². The lowest BCUT2D eigenvalue weighted by Gasteiger charge is -2.50. The standard InChI is InChI=1S/C35H41NO17/c1-8-14-44-34-30(50-21(7)40)29(26(17(3)47-34)48-19(5)38)52-33-25(36-31(41)22-12-10-11-13-23(22)32(36)42)28(53-35(43)45-15-9-2)27(49-20(6)39)24(51-33)16-46-18(4)37/h8-13,17,24-30,33-34H,1-2,14-16H2,3-7H3/t17-,24+,25+,26+,27+,28+,29+,30-,33-,34-/m0/s1. The predicted molar refractivity (Wildman–Crippen MR) is 174 cm³/mol. The molecule has 2 fully saturated rings. The van der Waals surface area contributed by atoms with Crippen molar-refractivity contribution >= 4 is 41.8 Å². The molecule has 18 nitrogen and oxygen atoms in total. The zero-order valence-electron chi connectivity index (χ0n) is 29.7. The maximum Gasteiger partial charge on any atom is 0.509 e. The molecule has 0 saturated carbocycles. The first-order valence-electron chi connectivity index (χ1n) is 16.4. The Bertz CT molecular complexity index is 1560. The number of hydrogen-bond donors (Lipinski definition) is 0. The monoisotopic (exact) mass is 747 g/mol. The fourth-order valence-corrected chi connectivity index (χ4v) is 6.08. The molecule has 0 aliphatic carbocycles. The Morgan fingerprint density at radius 3 is 1.81 bits per heavy atom. The minimum absolute atomic E-state index is 0.0246. The number of imide groups is 1. The van der Waals surface area contributed by atoms with E-state index in [1.807, 2.05) is 0 Å². The van der Waals surface area contributed by atoms with E-state index >= 15 is 0 Å². The molecule has 0 spiro atoms. The van der Waals surface area contributed by atoms with Crippen LogP contribution < -0.4 is 0 Å². The molecule has 2 saturated heterocycles. The van der Waals surface area contributed by atoms with Gasteiger partial charge in [0.15, 0.2) is 37.0 Å². The number of hydrogen-bond acceptors (Lipinski definition) is 17. The molecule has 0 bridgehead atoms. The first-order valence-corrected chi connectivity index (χ1v) is 16.4. The van der Waals surface area contributed by atoms with Crippen molar-refractivity contribution < 1.29 is 80.9 Å². The summed E-state index contributed by atoms with van der Waals surface area (Å²) >= 11 is 0. The molecule has 4 rings (SSSR count). The maximum absolute atomic E-state index is 14.1. The van der Waals surface area contributed by atoms with Crippen LogP contribution in [0.5, 0.6) is 0 Å². The van der Waals surface area contributed by atoms with Gasteiger partial charge in [0.05, 0.1) is 23.8 Å². The predicted octanol–water partition coefficient (Wildman–Crippen LogP) is 1.77. The third kappa shape index (κ3) is 9.64. The number of ether oxygens (including phenoxy) is 10. The highest BCUT2D eigenvalue weighted by molar-refractivity contribution is 6.21. The van der Waals surface area contributed by atoms with E-state index < -0.39 is 110 Å². The average molecular weight is 748 g/mol. The molecule has 3 aliphatic heterocycles. The molecule has 1 aromatic carbocycles. The summed E-state index contributed by atoms with van der Waals surface area (Å²) in [6, 6.07) is 4.03. The molecule has 3 heterocycles. The van der Waals surface area contributed by atoms with Gasteiger partial charge in [-0.1, -0.05) is 30.9 Å². The molecule has 288 valence electrons. The van der Waals surface area contributed by atoms with Crippen LogP contribution in [0, 0.1) is 0 Å². The number of benzene rings is 1. The Balaban J connectivity index is 1.93. The van der Waals surface area contributed by atoms with Gasteiger partial charge >= 0.3 is 30.0 Å². The minimum Gasteiger partial charge on any atom is -0.463 e. The fraction of sp³-hybridized carbons (Fsp3) is 0.514. The first-order chi connectivity index (χ1) is 25.2. The fourth-order valence-electron chi connectivity index (χ4n) is 6.08. The molecule has 0 radical (unpaired) electrons. The van der Waals surface area contributed by atoms with Crippen molar-refractivity contribution in [2.75, 3.05) is 19.8 Å². The third-order valence-electron chi connectivity index (χ3n) is 8.04. The van der Waals surface area contributed by atoms with Crippen molar-refractivity contribution in [3.8, 4) is 0 Å². The summed E-state index contributed by atoms with van der Waals surface area (Å²) < 4.78 is 57.1. The highest BCUT2D eigenvalue weighted by atomic mass is 16.8. The second-order valence-electron chi connectivity index (χ2n) is 11.9. The van der Waals surface area contributed by atoms with E-state index in [0.29, 0.717) is 4.90 Å². The van der Waals surface area contributed by atoms with Crippen LogP contribution in [0.3, 0.4) is 0 Å². The topological polar surface area (TPSA) is 215 Å². The normalized spacial score (nSPS) is 29.3. The Kier molecular flexibility index (Phi) is 13.8. The van der Waals surface area contributed by atoms with Crippen LogP contribution in [0.4, 0.5) is 4.79 Å². The van der Waals surface area contributed by atoms with E-state index in [4.69, 9.17) is 47.4 Å². The van der Waals surface area contributed by atoms with Crippen LogP contribution in [0.15, 0.2) is 49.6 Å². The highest BCUT2D eigenvalue weighted by Crippen LogP contribution is 2.38. The number of carbonyl (C=O) groups excluding carboxylic acids is 7. The minimum atomic E-state index is -1.90. The van der Waals surface area contributed by atoms with Gasteiger partial charge < -0.3 is 47.4 Å². The lowest BCUT2D eigenvalue weighted by atomic mass is 9.93. The number of fused-ring (bicyclic) bond motifs is 1. The van der Waals surface area contributed by atoms with Crippen LogP contribution in [0.1, 0.15) is 55.3 Å². The second-order valence-corrected chi connectivity index (χ2v) is 11.9. The maximum atomic E-state index is 14.1. The van der Waals surface area contributed by atoms with Crippen molar-refractivity contribution in [3.63, 3.8) is 0 Å². The number of esters is 4. The largest absolute Gasteiger partial charge is 0.509 e. The van der Waals surface area contributed by atoms with Gasteiger partial charge in [0.1, 0.15) is 31.5 Å². The third-order valence-corrected chi connectivity index (χ3v) is 8.04. The molecule has 18 heteroatoms.